The number of hydrogen-bond acceptors (Lipinski definition) is 4. The van der Waals surface area contributed by atoms with Gasteiger partial charge in [-0.2, -0.15) is 0 Å². The summed E-state index contributed by atoms with van der Waals surface area (Å²) >= 11 is 0. The molecule has 2 atom stereocenters. The molecule has 1 fully saturated rings. The zero-order valence-electron chi connectivity index (χ0n) is 14.1. The van der Waals surface area contributed by atoms with Crippen LogP contribution in [0, 0.1) is 5.92 Å². The minimum absolute atomic E-state index is 0.0180. The van der Waals surface area contributed by atoms with E-state index in [2.05, 4.69) is 5.32 Å². The van der Waals surface area contributed by atoms with Crippen LogP contribution in [-0.2, 0) is 25.1 Å². The molecule has 0 aliphatic heterocycles. The molecule has 2 rings (SSSR count). The first-order valence-corrected chi connectivity index (χ1v) is 9.53. The standard InChI is InChI=1S/C17H25NO4S/c1-5-22-15-10-14(15)16(19)18-13-8-6-7-12(9-13)11-23(20,21)17(2,3)4/h6-9,14-15H,5,10-11H2,1-4H3,(H,18,19)/t14-,15+/m0/s1. The highest BCUT2D eigenvalue weighted by Gasteiger charge is 2.43. The van der Waals surface area contributed by atoms with E-state index in [0.29, 0.717) is 17.9 Å². The lowest BCUT2D eigenvalue weighted by Crippen LogP contribution is -2.29. The van der Waals surface area contributed by atoms with E-state index >= 15 is 0 Å². The minimum atomic E-state index is -3.25. The van der Waals surface area contributed by atoms with E-state index in [1.165, 1.54) is 0 Å². The SMILES string of the molecule is CCO[C@@H]1C[C@@H]1C(=O)Nc1cccc(CS(=O)(=O)C(C)(C)C)c1. The van der Waals surface area contributed by atoms with E-state index in [0.717, 1.165) is 6.42 Å². The maximum absolute atomic E-state index is 12.3. The van der Waals surface area contributed by atoms with Crippen LogP contribution in [0.3, 0.4) is 0 Å². The molecule has 1 aliphatic carbocycles. The lowest BCUT2D eigenvalue weighted by molar-refractivity contribution is -0.118. The number of anilines is 1. The van der Waals surface area contributed by atoms with Gasteiger partial charge in [0.25, 0.3) is 0 Å². The number of hydrogen-bond donors (Lipinski definition) is 1. The Hall–Kier alpha value is -1.40. The highest BCUT2D eigenvalue weighted by atomic mass is 32.2. The van der Waals surface area contributed by atoms with Crippen LogP contribution in [0.25, 0.3) is 0 Å². The number of carbonyl (C=O) groups is 1. The fourth-order valence-electron chi connectivity index (χ4n) is 2.26. The number of ether oxygens (including phenoxy) is 1. The molecular weight excluding hydrogens is 314 g/mol. The van der Waals surface area contributed by atoms with Crippen molar-refractivity contribution >= 4 is 21.4 Å². The fraction of sp³-hybridized carbons (Fsp3) is 0.588. The Morgan fingerprint density at radius 1 is 1.35 bits per heavy atom. The van der Waals surface area contributed by atoms with Gasteiger partial charge in [0.05, 0.1) is 22.5 Å². The molecular formula is C17H25NO4S. The molecule has 5 nitrogen and oxygen atoms in total. The molecule has 0 heterocycles. The monoisotopic (exact) mass is 339 g/mol. The molecule has 0 aromatic heterocycles. The van der Waals surface area contributed by atoms with Gasteiger partial charge in [0.15, 0.2) is 9.84 Å². The van der Waals surface area contributed by atoms with Crippen molar-refractivity contribution in [2.75, 3.05) is 11.9 Å². The Balaban J connectivity index is 2.02. The predicted octanol–water partition coefficient (Wildman–Crippen LogP) is 2.76. The lowest BCUT2D eigenvalue weighted by atomic mass is 10.2. The normalized spacial score (nSPS) is 21.0. The predicted molar refractivity (Wildman–Crippen MR) is 91.0 cm³/mol. The van der Waals surface area contributed by atoms with Gasteiger partial charge in [-0.1, -0.05) is 12.1 Å². The van der Waals surface area contributed by atoms with E-state index < -0.39 is 14.6 Å². The molecule has 6 heteroatoms. The van der Waals surface area contributed by atoms with E-state index in [1.807, 2.05) is 6.92 Å². The first-order valence-electron chi connectivity index (χ1n) is 7.88. The van der Waals surface area contributed by atoms with Gasteiger partial charge in [-0.15, -0.1) is 0 Å². The lowest BCUT2D eigenvalue weighted by Gasteiger charge is -2.19. The van der Waals surface area contributed by atoms with Crippen LogP contribution in [-0.4, -0.2) is 31.8 Å². The molecule has 23 heavy (non-hydrogen) atoms. The summed E-state index contributed by atoms with van der Waals surface area (Å²) in [6, 6.07) is 7.01. The maximum atomic E-state index is 12.3. The van der Waals surface area contributed by atoms with Crippen molar-refractivity contribution in [3.8, 4) is 0 Å². The quantitative estimate of drug-likeness (QED) is 0.865. The van der Waals surface area contributed by atoms with Gasteiger partial charge in [-0.3, -0.25) is 4.79 Å². The topological polar surface area (TPSA) is 72.5 Å². The molecule has 0 spiro atoms. The van der Waals surface area contributed by atoms with Crippen LogP contribution in [0.15, 0.2) is 24.3 Å². The second-order valence-corrected chi connectivity index (χ2v) is 9.64. The molecule has 0 unspecified atom stereocenters. The van der Waals surface area contributed by atoms with E-state index in [9.17, 15) is 13.2 Å². The number of sulfone groups is 1. The molecule has 1 aliphatic rings. The second-order valence-electron chi connectivity index (χ2n) is 6.90. The van der Waals surface area contributed by atoms with E-state index in [1.54, 1.807) is 45.0 Å². The Kier molecular flexibility index (Phi) is 5.16. The van der Waals surface area contributed by atoms with Crippen molar-refractivity contribution in [3.63, 3.8) is 0 Å². The van der Waals surface area contributed by atoms with Crippen LogP contribution in [0.2, 0.25) is 0 Å². The number of rotatable bonds is 6. The van der Waals surface area contributed by atoms with Gasteiger partial charge in [-0.05, 0) is 51.8 Å². The minimum Gasteiger partial charge on any atom is -0.378 e. The van der Waals surface area contributed by atoms with Crippen molar-refractivity contribution in [2.45, 2.75) is 50.7 Å². The second kappa shape index (κ2) is 6.61. The summed E-state index contributed by atoms with van der Waals surface area (Å²) < 4.78 is 29.2. The number of amides is 1. The number of benzene rings is 1. The summed E-state index contributed by atoms with van der Waals surface area (Å²) in [5.41, 5.74) is 1.30. The van der Waals surface area contributed by atoms with Crippen LogP contribution in [0.4, 0.5) is 5.69 Å². The Labute approximate surface area is 138 Å². The highest BCUT2D eigenvalue weighted by molar-refractivity contribution is 7.91. The van der Waals surface area contributed by atoms with Gasteiger partial charge in [0.2, 0.25) is 5.91 Å². The highest BCUT2D eigenvalue weighted by Crippen LogP contribution is 2.34. The van der Waals surface area contributed by atoms with Crippen LogP contribution < -0.4 is 5.32 Å². The Bertz CT molecular complexity index is 676. The van der Waals surface area contributed by atoms with Crippen molar-refractivity contribution in [2.24, 2.45) is 5.92 Å². The zero-order chi connectivity index (χ0) is 17.3. The summed E-state index contributed by atoms with van der Waals surface area (Å²) in [4.78, 5) is 12.1. The first-order chi connectivity index (χ1) is 10.6. The maximum Gasteiger partial charge on any atom is 0.230 e. The van der Waals surface area contributed by atoms with Gasteiger partial charge in [0.1, 0.15) is 0 Å². The van der Waals surface area contributed by atoms with Crippen molar-refractivity contribution in [3.05, 3.63) is 29.8 Å². The summed E-state index contributed by atoms with van der Waals surface area (Å²) in [6.07, 6.45) is 0.766. The average Bonchev–Trinajstić information content (AvgIpc) is 3.17. The molecule has 0 radical (unpaired) electrons. The Morgan fingerprint density at radius 3 is 2.65 bits per heavy atom. The summed E-state index contributed by atoms with van der Waals surface area (Å²) in [5, 5.41) is 2.84. The number of nitrogens with one attached hydrogen (secondary N) is 1. The van der Waals surface area contributed by atoms with E-state index in [-0.39, 0.29) is 23.7 Å². The molecule has 128 valence electrons. The van der Waals surface area contributed by atoms with Crippen molar-refractivity contribution in [1.29, 1.82) is 0 Å². The molecule has 1 aromatic rings. The number of carbonyl (C=O) groups excluding carboxylic acids is 1. The molecule has 1 amide bonds. The molecule has 0 bridgehead atoms. The summed E-state index contributed by atoms with van der Waals surface area (Å²) in [7, 11) is -3.25. The van der Waals surface area contributed by atoms with Crippen LogP contribution in [0.5, 0.6) is 0 Å². The third kappa shape index (κ3) is 4.54. The van der Waals surface area contributed by atoms with Crippen LogP contribution >= 0.6 is 0 Å². The largest absolute Gasteiger partial charge is 0.378 e. The smallest absolute Gasteiger partial charge is 0.230 e. The molecule has 0 saturated heterocycles. The van der Waals surface area contributed by atoms with Crippen molar-refractivity contribution < 1.29 is 17.9 Å². The summed E-state index contributed by atoms with van der Waals surface area (Å²) in [5.74, 6) is -0.207. The fourth-order valence-corrected chi connectivity index (χ4v) is 3.31. The van der Waals surface area contributed by atoms with Gasteiger partial charge < -0.3 is 10.1 Å². The van der Waals surface area contributed by atoms with E-state index in [4.69, 9.17) is 4.74 Å². The average molecular weight is 339 g/mol. The van der Waals surface area contributed by atoms with Gasteiger partial charge in [0, 0.05) is 12.3 Å². The third-order valence-corrected chi connectivity index (χ3v) is 6.51. The summed E-state index contributed by atoms with van der Waals surface area (Å²) in [6.45, 7) is 7.58. The molecule has 1 N–H and O–H groups in total. The Morgan fingerprint density at radius 2 is 2.04 bits per heavy atom. The van der Waals surface area contributed by atoms with Crippen molar-refractivity contribution in [1.82, 2.24) is 0 Å². The molecule has 1 aromatic carbocycles. The van der Waals surface area contributed by atoms with Gasteiger partial charge in [-0.25, -0.2) is 8.42 Å². The zero-order valence-corrected chi connectivity index (χ0v) is 14.9. The van der Waals surface area contributed by atoms with Gasteiger partial charge >= 0.3 is 0 Å². The first kappa shape index (κ1) is 17.9. The third-order valence-electron chi connectivity index (χ3n) is 3.93. The molecule has 1 saturated carbocycles. The van der Waals surface area contributed by atoms with Crippen LogP contribution in [0.1, 0.15) is 39.7 Å².